The van der Waals surface area contributed by atoms with Crippen molar-refractivity contribution in [3.8, 4) is 0 Å². The molecule has 0 aliphatic rings. The van der Waals surface area contributed by atoms with Gasteiger partial charge in [-0.25, -0.2) is 5.10 Å². The fourth-order valence-electron chi connectivity index (χ4n) is 1.82. The maximum absolute atomic E-state index is 12.1. The topological polar surface area (TPSA) is 89.0 Å². The van der Waals surface area contributed by atoms with Crippen molar-refractivity contribution in [2.75, 3.05) is 25.6 Å². The molecule has 0 amide bonds. The van der Waals surface area contributed by atoms with Crippen LogP contribution in [-0.4, -0.2) is 35.0 Å². The molecule has 0 bridgehead atoms. The summed E-state index contributed by atoms with van der Waals surface area (Å²) >= 11 is 0. The van der Waals surface area contributed by atoms with Gasteiger partial charge in [0.2, 0.25) is 0 Å². The molecule has 7 nitrogen and oxygen atoms in total. The number of aryl methyl sites for hydroxylation is 1. The monoisotopic (exact) mass is 264 g/mol. The number of nitrogens with one attached hydrogen (secondary N) is 2. The second-order valence-electron chi connectivity index (χ2n) is 4.19. The molecule has 7 heteroatoms. The van der Waals surface area contributed by atoms with Gasteiger partial charge in [-0.1, -0.05) is 0 Å². The molecule has 0 saturated heterocycles. The van der Waals surface area contributed by atoms with E-state index in [2.05, 4.69) is 15.5 Å². The van der Waals surface area contributed by atoms with Gasteiger partial charge >= 0.3 is 0 Å². The highest BCUT2D eigenvalue weighted by atomic mass is 16.5. The van der Waals surface area contributed by atoms with Crippen LogP contribution in [0.2, 0.25) is 0 Å². The van der Waals surface area contributed by atoms with Crippen molar-refractivity contribution in [2.24, 2.45) is 7.05 Å². The Morgan fingerprint density at radius 2 is 2.26 bits per heavy atom. The highest BCUT2D eigenvalue weighted by Crippen LogP contribution is 2.12. The molecule has 0 spiro atoms. The SMILES string of the molecule is COCCCNc1n[nH]c(=O)c2ccn(C)c(=O)c12. The molecule has 2 rings (SSSR count). The van der Waals surface area contributed by atoms with Gasteiger partial charge in [0.25, 0.3) is 11.1 Å². The van der Waals surface area contributed by atoms with E-state index in [1.165, 1.54) is 4.57 Å². The summed E-state index contributed by atoms with van der Waals surface area (Å²) < 4.78 is 6.37. The Morgan fingerprint density at radius 3 is 3.00 bits per heavy atom. The lowest BCUT2D eigenvalue weighted by Gasteiger charge is -2.08. The third-order valence-electron chi connectivity index (χ3n) is 2.84. The summed E-state index contributed by atoms with van der Waals surface area (Å²) in [7, 11) is 3.26. The van der Waals surface area contributed by atoms with Crippen LogP contribution >= 0.6 is 0 Å². The van der Waals surface area contributed by atoms with E-state index in [0.29, 0.717) is 29.7 Å². The van der Waals surface area contributed by atoms with Gasteiger partial charge in [0.05, 0.1) is 10.8 Å². The minimum atomic E-state index is -0.366. The van der Waals surface area contributed by atoms with Crippen LogP contribution in [0.15, 0.2) is 21.9 Å². The Labute approximate surface area is 109 Å². The van der Waals surface area contributed by atoms with Crippen LogP contribution in [0.1, 0.15) is 6.42 Å². The summed E-state index contributed by atoms with van der Waals surface area (Å²) in [5.41, 5.74) is -0.611. The zero-order valence-corrected chi connectivity index (χ0v) is 10.9. The summed E-state index contributed by atoms with van der Waals surface area (Å²) in [5.74, 6) is 0.395. The summed E-state index contributed by atoms with van der Waals surface area (Å²) in [4.78, 5) is 23.8. The minimum absolute atomic E-state index is 0.245. The number of pyridine rings is 1. The normalized spacial score (nSPS) is 10.8. The van der Waals surface area contributed by atoms with Gasteiger partial charge < -0.3 is 14.6 Å². The maximum Gasteiger partial charge on any atom is 0.272 e. The molecular formula is C12H16N4O3. The van der Waals surface area contributed by atoms with E-state index in [1.807, 2.05) is 0 Å². The van der Waals surface area contributed by atoms with Crippen molar-refractivity contribution in [1.82, 2.24) is 14.8 Å². The summed E-state index contributed by atoms with van der Waals surface area (Å²) in [6, 6.07) is 1.61. The number of fused-ring (bicyclic) bond motifs is 1. The maximum atomic E-state index is 12.1. The lowest BCUT2D eigenvalue weighted by atomic mass is 10.2. The molecule has 2 N–H and O–H groups in total. The molecule has 2 aromatic heterocycles. The van der Waals surface area contributed by atoms with Gasteiger partial charge in [0, 0.05) is 33.5 Å². The van der Waals surface area contributed by atoms with Gasteiger partial charge in [-0.3, -0.25) is 9.59 Å². The average Bonchev–Trinajstić information content (AvgIpc) is 2.41. The van der Waals surface area contributed by atoms with E-state index in [9.17, 15) is 9.59 Å². The van der Waals surface area contributed by atoms with Crippen molar-refractivity contribution in [1.29, 1.82) is 0 Å². The highest BCUT2D eigenvalue weighted by Gasteiger charge is 2.10. The van der Waals surface area contributed by atoms with E-state index in [0.717, 1.165) is 6.42 Å². The molecule has 0 atom stereocenters. The number of rotatable bonds is 5. The Kier molecular flexibility index (Phi) is 3.96. The predicted molar refractivity (Wildman–Crippen MR) is 72.6 cm³/mol. The number of hydrogen-bond acceptors (Lipinski definition) is 5. The molecule has 0 aliphatic heterocycles. The Balaban J connectivity index is 2.44. The Hall–Kier alpha value is -2.15. The number of aromatic amines is 1. The quantitative estimate of drug-likeness (QED) is 0.746. The van der Waals surface area contributed by atoms with Gasteiger partial charge in [-0.2, -0.15) is 5.10 Å². The van der Waals surface area contributed by atoms with Gasteiger partial charge in [0.15, 0.2) is 5.82 Å². The van der Waals surface area contributed by atoms with Crippen LogP contribution in [0.5, 0.6) is 0 Å². The lowest BCUT2D eigenvalue weighted by molar-refractivity contribution is 0.198. The summed E-state index contributed by atoms with van der Waals surface area (Å²) in [5, 5.41) is 9.98. The van der Waals surface area contributed by atoms with Crippen LogP contribution in [0, 0.1) is 0 Å². The third kappa shape index (κ3) is 2.65. The summed E-state index contributed by atoms with van der Waals surface area (Å²) in [6.07, 6.45) is 2.35. The third-order valence-corrected chi connectivity index (χ3v) is 2.84. The first-order valence-corrected chi connectivity index (χ1v) is 5.96. The van der Waals surface area contributed by atoms with Crippen molar-refractivity contribution >= 4 is 16.6 Å². The number of anilines is 1. The fourth-order valence-corrected chi connectivity index (χ4v) is 1.82. The van der Waals surface area contributed by atoms with E-state index in [-0.39, 0.29) is 11.1 Å². The standard InChI is InChI=1S/C12H16N4O3/c1-16-6-4-8-9(12(16)18)10(14-15-11(8)17)13-5-3-7-19-2/h4,6H,3,5,7H2,1-2H3,(H,13,14)(H,15,17). The van der Waals surface area contributed by atoms with Gasteiger partial charge in [-0.15, -0.1) is 0 Å². The molecule has 19 heavy (non-hydrogen) atoms. The van der Waals surface area contributed by atoms with E-state index < -0.39 is 0 Å². The predicted octanol–water partition coefficient (Wildman–Crippen LogP) is 0.0702. The molecule has 0 saturated carbocycles. The molecule has 2 aromatic rings. The Morgan fingerprint density at radius 1 is 1.47 bits per heavy atom. The molecular weight excluding hydrogens is 248 g/mol. The molecule has 2 heterocycles. The first-order valence-electron chi connectivity index (χ1n) is 5.96. The van der Waals surface area contributed by atoms with Crippen molar-refractivity contribution in [3.63, 3.8) is 0 Å². The molecule has 0 radical (unpaired) electrons. The smallest absolute Gasteiger partial charge is 0.272 e. The average molecular weight is 264 g/mol. The number of aromatic nitrogens is 3. The second-order valence-corrected chi connectivity index (χ2v) is 4.19. The van der Waals surface area contributed by atoms with Crippen LogP contribution in [0.4, 0.5) is 5.82 Å². The molecule has 0 aromatic carbocycles. The summed E-state index contributed by atoms with van der Waals surface area (Å²) in [6.45, 7) is 1.23. The first-order chi connectivity index (χ1) is 9.15. The van der Waals surface area contributed by atoms with Crippen LogP contribution in [0.25, 0.3) is 10.8 Å². The van der Waals surface area contributed by atoms with E-state index in [1.54, 1.807) is 26.4 Å². The molecule has 0 aliphatic carbocycles. The zero-order chi connectivity index (χ0) is 13.8. The van der Waals surface area contributed by atoms with E-state index in [4.69, 9.17) is 4.74 Å². The first kappa shape index (κ1) is 13.3. The van der Waals surface area contributed by atoms with E-state index >= 15 is 0 Å². The second kappa shape index (κ2) is 5.66. The van der Waals surface area contributed by atoms with Gasteiger partial charge in [-0.05, 0) is 12.5 Å². The number of nitrogens with zero attached hydrogens (tertiary/aromatic N) is 2. The van der Waals surface area contributed by atoms with Crippen molar-refractivity contribution < 1.29 is 4.74 Å². The van der Waals surface area contributed by atoms with Crippen molar-refractivity contribution in [3.05, 3.63) is 33.0 Å². The van der Waals surface area contributed by atoms with Crippen molar-refractivity contribution in [2.45, 2.75) is 6.42 Å². The largest absolute Gasteiger partial charge is 0.385 e. The number of methoxy groups -OCH3 is 1. The molecule has 0 fully saturated rings. The van der Waals surface area contributed by atoms with Crippen LogP contribution < -0.4 is 16.4 Å². The van der Waals surface area contributed by atoms with Gasteiger partial charge in [0.1, 0.15) is 0 Å². The highest BCUT2D eigenvalue weighted by molar-refractivity contribution is 5.89. The fraction of sp³-hybridized carbons (Fsp3) is 0.417. The Bertz CT molecular complexity index is 689. The number of hydrogen-bond donors (Lipinski definition) is 2. The number of ether oxygens (including phenoxy) is 1. The van der Waals surface area contributed by atoms with Crippen LogP contribution in [0.3, 0.4) is 0 Å². The lowest BCUT2D eigenvalue weighted by Crippen LogP contribution is -2.23. The number of H-pyrrole nitrogens is 1. The van der Waals surface area contributed by atoms with Crippen LogP contribution in [-0.2, 0) is 11.8 Å². The minimum Gasteiger partial charge on any atom is -0.385 e. The molecule has 0 unspecified atom stereocenters. The molecule has 102 valence electrons. The zero-order valence-electron chi connectivity index (χ0n) is 10.9.